The number of thioether (sulfide) groups is 1. The zero-order valence-electron chi connectivity index (χ0n) is 15.4. The van der Waals surface area contributed by atoms with E-state index in [9.17, 15) is 4.79 Å². The predicted molar refractivity (Wildman–Crippen MR) is 116 cm³/mol. The summed E-state index contributed by atoms with van der Waals surface area (Å²) in [5.74, 6) is 1.13. The number of carbonyl (C=O) groups is 1. The summed E-state index contributed by atoms with van der Waals surface area (Å²) < 4.78 is 0. The van der Waals surface area contributed by atoms with Crippen LogP contribution in [0.3, 0.4) is 0 Å². The summed E-state index contributed by atoms with van der Waals surface area (Å²) in [5, 5.41) is 15.4. The van der Waals surface area contributed by atoms with Gasteiger partial charge in [-0.25, -0.2) is 0 Å². The smallest absolute Gasteiger partial charge is 0.234 e. The fourth-order valence-corrected chi connectivity index (χ4v) is 4.27. The van der Waals surface area contributed by atoms with Gasteiger partial charge in [0.1, 0.15) is 5.03 Å². The average molecular weight is 413 g/mol. The number of nitrogens with zero attached hydrogens (tertiary/aromatic N) is 3. The van der Waals surface area contributed by atoms with Crippen molar-refractivity contribution in [3.63, 3.8) is 0 Å². The van der Waals surface area contributed by atoms with Gasteiger partial charge in [0.15, 0.2) is 5.82 Å². The second-order valence-electron chi connectivity index (χ2n) is 6.77. The first-order chi connectivity index (χ1) is 13.7. The van der Waals surface area contributed by atoms with Crippen molar-refractivity contribution in [3.05, 3.63) is 53.6 Å². The molecule has 1 aliphatic heterocycles. The number of halogens is 1. The zero-order chi connectivity index (χ0) is 19.3. The van der Waals surface area contributed by atoms with E-state index in [2.05, 4.69) is 32.5 Å². The third-order valence-corrected chi connectivity index (χ3v) is 5.99. The molecule has 1 amide bonds. The zero-order valence-corrected chi connectivity index (χ0v) is 17.0. The van der Waals surface area contributed by atoms with Crippen LogP contribution in [0, 0.1) is 0 Å². The summed E-state index contributed by atoms with van der Waals surface area (Å²) in [6.07, 6.45) is 3.66. The number of fused-ring (bicyclic) bond motifs is 1. The fraction of sp³-hybridized carbons (Fsp3) is 0.286. The van der Waals surface area contributed by atoms with Crippen LogP contribution >= 0.6 is 23.4 Å². The maximum Gasteiger partial charge on any atom is 0.234 e. The summed E-state index contributed by atoms with van der Waals surface area (Å²) in [5.41, 5.74) is 0.728. The first kappa shape index (κ1) is 19.0. The number of benzene rings is 2. The largest absolute Gasteiger partial charge is 0.355 e. The van der Waals surface area contributed by atoms with Crippen LogP contribution < -0.4 is 10.2 Å². The first-order valence-electron chi connectivity index (χ1n) is 9.39. The number of amides is 1. The molecule has 1 saturated heterocycles. The van der Waals surface area contributed by atoms with Crippen LogP contribution in [-0.2, 0) is 4.79 Å². The lowest BCUT2D eigenvalue weighted by atomic mass is 10.1. The highest BCUT2D eigenvalue weighted by Gasteiger charge is 2.18. The number of hydrogen-bond donors (Lipinski definition) is 1. The van der Waals surface area contributed by atoms with Gasteiger partial charge < -0.3 is 10.2 Å². The SMILES string of the molecule is O=C(CSc1nnc(N2CCCCC2)c2ccccc12)Nc1ccc(Cl)cc1. The Kier molecular flexibility index (Phi) is 5.98. The van der Waals surface area contributed by atoms with Crippen molar-refractivity contribution in [1.82, 2.24) is 10.2 Å². The summed E-state index contributed by atoms with van der Waals surface area (Å²) in [6, 6.07) is 15.2. The van der Waals surface area contributed by atoms with E-state index in [-0.39, 0.29) is 11.7 Å². The minimum atomic E-state index is -0.0849. The monoisotopic (exact) mass is 412 g/mol. The van der Waals surface area contributed by atoms with Crippen molar-refractivity contribution in [2.45, 2.75) is 24.3 Å². The first-order valence-corrected chi connectivity index (χ1v) is 10.8. The molecule has 0 atom stereocenters. The third-order valence-electron chi connectivity index (χ3n) is 4.76. The van der Waals surface area contributed by atoms with Gasteiger partial charge in [0.2, 0.25) is 5.91 Å². The van der Waals surface area contributed by atoms with Crippen LogP contribution in [0.1, 0.15) is 19.3 Å². The van der Waals surface area contributed by atoms with Crippen molar-refractivity contribution in [2.24, 2.45) is 0 Å². The van der Waals surface area contributed by atoms with Crippen LogP contribution in [0.2, 0.25) is 5.02 Å². The van der Waals surface area contributed by atoms with Gasteiger partial charge in [-0.2, -0.15) is 0 Å². The third kappa shape index (κ3) is 4.39. The van der Waals surface area contributed by atoms with Gasteiger partial charge in [-0.1, -0.05) is 47.6 Å². The lowest BCUT2D eigenvalue weighted by Gasteiger charge is -2.28. The van der Waals surface area contributed by atoms with Gasteiger partial charge in [-0.05, 0) is 43.5 Å². The molecule has 1 fully saturated rings. The average Bonchev–Trinajstić information content (AvgIpc) is 2.74. The molecule has 28 heavy (non-hydrogen) atoms. The van der Waals surface area contributed by atoms with Crippen molar-refractivity contribution in [3.8, 4) is 0 Å². The fourth-order valence-electron chi connectivity index (χ4n) is 3.38. The lowest BCUT2D eigenvalue weighted by Crippen LogP contribution is -2.30. The van der Waals surface area contributed by atoms with E-state index in [4.69, 9.17) is 11.6 Å². The number of rotatable bonds is 5. The van der Waals surface area contributed by atoms with E-state index >= 15 is 0 Å². The van der Waals surface area contributed by atoms with Gasteiger partial charge in [-0.3, -0.25) is 4.79 Å². The molecule has 2 heterocycles. The van der Waals surface area contributed by atoms with Gasteiger partial charge in [0.05, 0.1) is 5.75 Å². The Hall–Kier alpha value is -2.31. The van der Waals surface area contributed by atoms with E-state index in [1.165, 1.54) is 31.0 Å². The molecule has 4 rings (SSSR count). The topological polar surface area (TPSA) is 58.1 Å². The van der Waals surface area contributed by atoms with E-state index in [0.717, 1.165) is 40.4 Å². The highest BCUT2D eigenvalue weighted by atomic mass is 35.5. The number of hydrogen-bond acceptors (Lipinski definition) is 5. The molecule has 1 aromatic heterocycles. The summed E-state index contributed by atoms with van der Waals surface area (Å²) in [6.45, 7) is 2.04. The maximum absolute atomic E-state index is 12.3. The summed E-state index contributed by atoms with van der Waals surface area (Å²) in [4.78, 5) is 14.6. The predicted octanol–water partition coefficient (Wildman–Crippen LogP) is 5.00. The summed E-state index contributed by atoms with van der Waals surface area (Å²) in [7, 11) is 0. The molecule has 0 aliphatic carbocycles. The van der Waals surface area contributed by atoms with Gasteiger partial charge in [0, 0.05) is 34.6 Å². The Balaban J connectivity index is 1.49. The minimum absolute atomic E-state index is 0.0849. The van der Waals surface area contributed by atoms with Gasteiger partial charge in [0.25, 0.3) is 0 Å². The highest BCUT2D eigenvalue weighted by molar-refractivity contribution is 8.00. The lowest BCUT2D eigenvalue weighted by molar-refractivity contribution is -0.113. The molecule has 2 aromatic carbocycles. The van der Waals surface area contributed by atoms with E-state index < -0.39 is 0 Å². The normalized spacial score (nSPS) is 14.2. The van der Waals surface area contributed by atoms with Crippen molar-refractivity contribution in [1.29, 1.82) is 0 Å². The number of piperidine rings is 1. The van der Waals surface area contributed by atoms with Crippen LogP contribution in [0.25, 0.3) is 10.8 Å². The molecule has 0 saturated carbocycles. The van der Waals surface area contributed by atoms with Crippen molar-refractivity contribution < 1.29 is 4.79 Å². The molecule has 0 unspecified atom stereocenters. The van der Waals surface area contributed by atoms with Crippen LogP contribution in [0.15, 0.2) is 53.6 Å². The Morgan fingerprint density at radius 3 is 2.46 bits per heavy atom. The Bertz CT molecular complexity index is 974. The molecule has 5 nitrogen and oxygen atoms in total. The molecule has 144 valence electrons. The van der Waals surface area contributed by atoms with E-state index in [1.807, 2.05) is 12.1 Å². The molecular weight excluding hydrogens is 392 g/mol. The molecule has 0 radical (unpaired) electrons. The number of anilines is 2. The number of aromatic nitrogens is 2. The van der Waals surface area contributed by atoms with E-state index in [1.54, 1.807) is 24.3 Å². The molecule has 3 aromatic rings. The van der Waals surface area contributed by atoms with Crippen LogP contribution in [-0.4, -0.2) is 34.9 Å². The molecule has 0 spiro atoms. The van der Waals surface area contributed by atoms with Crippen LogP contribution in [0.4, 0.5) is 11.5 Å². The Morgan fingerprint density at radius 1 is 1.00 bits per heavy atom. The number of nitrogens with one attached hydrogen (secondary N) is 1. The number of carbonyl (C=O) groups excluding carboxylic acids is 1. The molecule has 1 aliphatic rings. The quantitative estimate of drug-likeness (QED) is 0.597. The highest BCUT2D eigenvalue weighted by Crippen LogP contribution is 2.32. The molecule has 1 N–H and O–H groups in total. The Morgan fingerprint density at radius 2 is 1.71 bits per heavy atom. The summed E-state index contributed by atoms with van der Waals surface area (Å²) >= 11 is 7.28. The maximum atomic E-state index is 12.3. The minimum Gasteiger partial charge on any atom is -0.355 e. The standard InChI is InChI=1S/C21H21ClN4OS/c22-15-8-10-16(11-9-15)23-19(27)14-28-21-18-7-3-2-6-17(18)20(24-25-21)26-12-4-1-5-13-26/h2-3,6-11H,1,4-5,12-14H2,(H,23,27). The molecule has 7 heteroatoms. The van der Waals surface area contributed by atoms with Crippen molar-refractivity contribution >= 4 is 51.5 Å². The molecule has 0 bridgehead atoms. The van der Waals surface area contributed by atoms with Crippen molar-refractivity contribution in [2.75, 3.05) is 29.1 Å². The molecular formula is C21H21ClN4OS. The van der Waals surface area contributed by atoms with Gasteiger partial charge in [-0.15, -0.1) is 10.2 Å². The van der Waals surface area contributed by atoms with E-state index in [0.29, 0.717) is 5.02 Å². The van der Waals surface area contributed by atoms with Crippen LogP contribution in [0.5, 0.6) is 0 Å². The second kappa shape index (κ2) is 8.80. The van der Waals surface area contributed by atoms with Gasteiger partial charge >= 0.3 is 0 Å². The second-order valence-corrected chi connectivity index (χ2v) is 8.17. The Labute approximate surface area is 173 Å².